The van der Waals surface area contributed by atoms with Gasteiger partial charge in [0, 0.05) is 28.7 Å². The van der Waals surface area contributed by atoms with Gasteiger partial charge in [0.25, 0.3) is 0 Å². The Balaban J connectivity index is 1.76. The molecule has 0 aliphatic heterocycles. The lowest BCUT2D eigenvalue weighted by Gasteiger charge is -2.16. The third-order valence-electron chi connectivity index (χ3n) is 4.83. The lowest BCUT2D eigenvalue weighted by atomic mass is 10.2. The molecule has 1 aliphatic carbocycles. The van der Waals surface area contributed by atoms with E-state index in [1.807, 2.05) is 19.9 Å². The number of nitrogens with one attached hydrogen (secondary N) is 1. The third-order valence-corrected chi connectivity index (χ3v) is 5.78. The fourth-order valence-electron chi connectivity index (χ4n) is 3.51. The number of thioether (sulfide) groups is 1. The van der Waals surface area contributed by atoms with Gasteiger partial charge in [-0.2, -0.15) is 0 Å². The molecular formula is C18H25N3OS. The van der Waals surface area contributed by atoms with Gasteiger partial charge in [-0.05, 0) is 46.6 Å². The zero-order valence-electron chi connectivity index (χ0n) is 14.4. The standard InChI is InChI=1S/C18H25N3OS/c1-11-9-16(13(3)19-11)17(22)10-23-18-20-12(2)14(4)21(18)15-7-5-6-8-15/h9,15,19H,5-8,10H2,1-4H3. The maximum absolute atomic E-state index is 12.5. The summed E-state index contributed by atoms with van der Waals surface area (Å²) >= 11 is 1.58. The van der Waals surface area contributed by atoms with E-state index in [0.29, 0.717) is 11.8 Å². The van der Waals surface area contributed by atoms with Gasteiger partial charge < -0.3 is 9.55 Å². The Labute approximate surface area is 142 Å². The van der Waals surface area contributed by atoms with Crippen molar-refractivity contribution in [2.75, 3.05) is 5.75 Å². The minimum atomic E-state index is 0.174. The van der Waals surface area contributed by atoms with Crippen LogP contribution in [0.4, 0.5) is 0 Å². The summed E-state index contributed by atoms with van der Waals surface area (Å²) in [6.45, 7) is 8.15. The molecule has 2 heterocycles. The highest BCUT2D eigenvalue weighted by molar-refractivity contribution is 7.99. The SMILES string of the molecule is Cc1cc(C(=O)CSc2nc(C)c(C)n2C2CCCC2)c(C)[nH]1. The van der Waals surface area contributed by atoms with Crippen LogP contribution in [0.3, 0.4) is 0 Å². The van der Waals surface area contributed by atoms with Gasteiger partial charge in [-0.1, -0.05) is 24.6 Å². The van der Waals surface area contributed by atoms with Crippen LogP contribution in [0.5, 0.6) is 0 Å². The van der Waals surface area contributed by atoms with Crippen molar-refractivity contribution in [3.63, 3.8) is 0 Å². The molecule has 2 aromatic heterocycles. The van der Waals surface area contributed by atoms with E-state index in [1.165, 1.54) is 31.4 Å². The van der Waals surface area contributed by atoms with Crippen molar-refractivity contribution in [3.8, 4) is 0 Å². The zero-order valence-corrected chi connectivity index (χ0v) is 15.2. The largest absolute Gasteiger partial charge is 0.362 e. The summed E-state index contributed by atoms with van der Waals surface area (Å²) in [5.41, 5.74) is 5.14. The fourth-order valence-corrected chi connectivity index (χ4v) is 4.55. The molecule has 23 heavy (non-hydrogen) atoms. The number of aryl methyl sites for hydroxylation is 3. The second-order valence-electron chi connectivity index (χ2n) is 6.58. The van der Waals surface area contributed by atoms with E-state index >= 15 is 0 Å². The molecule has 124 valence electrons. The van der Waals surface area contributed by atoms with E-state index in [9.17, 15) is 4.79 Å². The molecule has 1 saturated carbocycles. The number of hydrogen-bond donors (Lipinski definition) is 1. The third kappa shape index (κ3) is 3.25. The zero-order chi connectivity index (χ0) is 16.6. The van der Waals surface area contributed by atoms with Crippen LogP contribution in [0.25, 0.3) is 0 Å². The number of carbonyl (C=O) groups excluding carboxylic acids is 1. The average molecular weight is 331 g/mol. The van der Waals surface area contributed by atoms with Gasteiger partial charge in [-0.15, -0.1) is 0 Å². The van der Waals surface area contributed by atoms with E-state index in [-0.39, 0.29) is 5.78 Å². The van der Waals surface area contributed by atoms with Crippen LogP contribution in [0.1, 0.15) is 64.9 Å². The molecule has 2 aromatic rings. The number of hydrogen-bond acceptors (Lipinski definition) is 3. The Morgan fingerprint density at radius 2 is 2.00 bits per heavy atom. The molecule has 5 heteroatoms. The molecule has 1 N–H and O–H groups in total. The van der Waals surface area contributed by atoms with Crippen molar-refractivity contribution in [3.05, 3.63) is 34.4 Å². The van der Waals surface area contributed by atoms with Gasteiger partial charge in [0.1, 0.15) is 0 Å². The highest BCUT2D eigenvalue weighted by atomic mass is 32.2. The molecule has 0 aromatic carbocycles. The minimum Gasteiger partial charge on any atom is -0.362 e. The first-order chi connectivity index (χ1) is 11.0. The Bertz CT molecular complexity index is 723. The molecule has 3 rings (SSSR count). The average Bonchev–Trinajstić information content (AvgIpc) is 3.19. The van der Waals surface area contributed by atoms with Crippen LogP contribution in [-0.2, 0) is 0 Å². The molecule has 0 unspecified atom stereocenters. The fraction of sp³-hybridized carbons (Fsp3) is 0.556. The van der Waals surface area contributed by atoms with Crippen LogP contribution in [0, 0.1) is 27.7 Å². The highest BCUT2D eigenvalue weighted by Crippen LogP contribution is 2.35. The van der Waals surface area contributed by atoms with Gasteiger partial charge in [-0.3, -0.25) is 4.79 Å². The maximum atomic E-state index is 12.5. The van der Waals surface area contributed by atoms with E-state index in [2.05, 4.69) is 23.4 Å². The molecule has 4 nitrogen and oxygen atoms in total. The maximum Gasteiger partial charge on any atom is 0.174 e. The van der Waals surface area contributed by atoms with Crippen LogP contribution < -0.4 is 0 Å². The summed E-state index contributed by atoms with van der Waals surface area (Å²) < 4.78 is 2.37. The van der Waals surface area contributed by atoms with E-state index in [1.54, 1.807) is 11.8 Å². The summed E-state index contributed by atoms with van der Waals surface area (Å²) in [5.74, 6) is 0.619. The minimum absolute atomic E-state index is 0.174. The smallest absolute Gasteiger partial charge is 0.174 e. The molecule has 0 spiro atoms. The molecular weight excluding hydrogens is 306 g/mol. The quantitative estimate of drug-likeness (QED) is 0.646. The summed E-state index contributed by atoms with van der Waals surface area (Å²) in [6, 6.07) is 2.50. The first-order valence-corrected chi connectivity index (χ1v) is 9.33. The number of carbonyl (C=O) groups is 1. The molecule has 0 radical (unpaired) electrons. The van der Waals surface area contributed by atoms with Gasteiger partial charge in [0.05, 0.1) is 11.4 Å². The summed E-state index contributed by atoms with van der Waals surface area (Å²) in [5, 5.41) is 1.00. The Morgan fingerprint density at radius 1 is 1.30 bits per heavy atom. The number of nitrogens with zero attached hydrogens (tertiary/aromatic N) is 2. The second kappa shape index (κ2) is 6.56. The number of H-pyrrole nitrogens is 1. The topological polar surface area (TPSA) is 50.7 Å². The number of ketones is 1. The number of Topliss-reactive ketones (excluding diaryl/α,β-unsaturated/α-hetero) is 1. The van der Waals surface area contributed by atoms with E-state index in [0.717, 1.165) is 27.8 Å². The van der Waals surface area contributed by atoms with E-state index in [4.69, 9.17) is 4.98 Å². The van der Waals surface area contributed by atoms with Gasteiger partial charge >= 0.3 is 0 Å². The molecule has 1 aliphatic rings. The number of aromatic nitrogens is 3. The van der Waals surface area contributed by atoms with Crippen LogP contribution in [-0.4, -0.2) is 26.1 Å². The summed E-state index contributed by atoms with van der Waals surface area (Å²) in [4.78, 5) is 20.4. The van der Waals surface area contributed by atoms with Crippen LogP contribution >= 0.6 is 11.8 Å². The normalized spacial score (nSPS) is 15.5. The first-order valence-electron chi connectivity index (χ1n) is 8.35. The second-order valence-corrected chi connectivity index (χ2v) is 7.52. The van der Waals surface area contributed by atoms with Gasteiger partial charge in [0.15, 0.2) is 10.9 Å². The van der Waals surface area contributed by atoms with Crippen molar-refractivity contribution in [2.45, 2.75) is 64.6 Å². The molecule has 0 bridgehead atoms. The van der Waals surface area contributed by atoms with Crippen LogP contribution in [0.15, 0.2) is 11.2 Å². The van der Waals surface area contributed by atoms with Crippen molar-refractivity contribution < 1.29 is 4.79 Å². The number of aromatic amines is 1. The number of imidazole rings is 1. The van der Waals surface area contributed by atoms with Crippen LogP contribution in [0.2, 0.25) is 0 Å². The predicted octanol–water partition coefficient (Wildman–Crippen LogP) is 4.53. The summed E-state index contributed by atoms with van der Waals surface area (Å²) in [6.07, 6.45) is 5.06. The van der Waals surface area contributed by atoms with Gasteiger partial charge in [0.2, 0.25) is 0 Å². The molecule has 0 atom stereocenters. The number of rotatable bonds is 5. The monoisotopic (exact) mass is 331 g/mol. The van der Waals surface area contributed by atoms with E-state index < -0.39 is 0 Å². The molecule has 0 saturated heterocycles. The predicted molar refractivity (Wildman–Crippen MR) is 94.5 cm³/mol. The van der Waals surface area contributed by atoms with Gasteiger partial charge in [-0.25, -0.2) is 4.98 Å². The van der Waals surface area contributed by atoms with Crippen molar-refractivity contribution >= 4 is 17.5 Å². The lowest BCUT2D eigenvalue weighted by molar-refractivity contribution is 0.102. The highest BCUT2D eigenvalue weighted by Gasteiger charge is 2.24. The first kappa shape index (κ1) is 16.4. The van der Waals surface area contributed by atoms with Crippen molar-refractivity contribution in [1.29, 1.82) is 0 Å². The lowest BCUT2D eigenvalue weighted by Crippen LogP contribution is -2.10. The Kier molecular flexibility index (Phi) is 4.67. The molecule has 0 amide bonds. The molecule has 1 fully saturated rings. The van der Waals surface area contributed by atoms with Crippen molar-refractivity contribution in [1.82, 2.24) is 14.5 Å². The summed E-state index contributed by atoms with van der Waals surface area (Å²) in [7, 11) is 0. The Hall–Kier alpha value is -1.49. The van der Waals surface area contributed by atoms with Crippen molar-refractivity contribution in [2.24, 2.45) is 0 Å². The Morgan fingerprint density at radius 3 is 2.61 bits per heavy atom.